The Hall–Kier alpha value is -16.2. The van der Waals surface area contributed by atoms with Crippen molar-refractivity contribution in [1.82, 2.24) is 0 Å². The molecule has 0 spiro atoms. The van der Waals surface area contributed by atoms with Crippen molar-refractivity contribution in [2.45, 2.75) is 0 Å². The summed E-state index contributed by atoms with van der Waals surface area (Å²) in [4.78, 5) is 0. The second-order valence-corrected chi connectivity index (χ2v) is 38.2. The first-order chi connectivity index (χ1) is 66.0. The molecule has 28 rings (SSSR count). The molecule has 0 aliphatic heterocycles. The molecule has 0 fully saturated rings. The van der Waals surface area contributed by atoms with Crippen LogP contribution in [0.15, 0.2) is 485 Å². The summed E-state index contributed by atoms with van der Waals surface area (Å²) in [5, 5.41) is 33.4. The van der Waals surface area contributed by atoms with Gasteiger partial charge >= 0.3 is 0 Å². The van der Waals surface area contributed by atoms with Crippen LogP contribution in [-0.4, -0.2) is 0 Å². The van der Waals surface area contributed by atoms with Crippen LogP contribution in [0.5, 0.6) is 0 Å². The van der Waals surface area contributed by atoms with Crippen LogP contribution in [0.3, 0.4) is 0 Å². The van der Waals surface area contributed by atoms with Crippen molar-refractivity contribution in [3.63, 3.8) is 0 Å². The molecule has 0 atom stereocenters. The van der Waals surface area contributed by atoms with Crippen molar-refractivity contribution < 1.29 is 0 Å². The maximum atomic E-state index is 2.46. The fourth-order valence-corrected chi connectivity index (χ4v) is 25.0. The molecule has 0 aliphatic rings. The first kappa shape index (κ1) is 77.9. The summed E-state index contributed by atoms with van der Waals surface area (Å²) in [6.45, 7) is 0. The molecule has 3 aromatic heterocycles. The molecular formula is C130H80S3. The predicted molar refractivity (Wildman–Crippen MR) is 582 cm³/mol. The second-order valence-electron chi connectivity index (χ2n) is 34.9. The van der Waals surface area contributed by atoms with Crippen LogP contribution in [0.4, 0.5) is 0 Å². The molecule has 0 bridgehead atoms. The van der Waals surface area contributed by atoms with Gasteiger partial charge in [-0.05, 0) is 281 Å². The number of fused-ring (bicyclic) bond motifs is 19. The lowest BCUT2D eigenvalue weighted by molar-refractivity contribution is 1.65. The fraction of sp³-hybridized carbons (Fsp3) is 0. The number of thiophene rings is 3. The monoisotopic (exact) mass is 1740 g/mol. The van der Waals surface area contributed by atoms with Gasteiger partial charge in [-0.1, -0.05) is 413 Å². The van der Waals surface area contributed by atoms with Gasteiger partial charge in [0.05, 0.1) is 0 Å². The summed E-state index contributed by atoms with van der Waals surface area (Å²) in [5.41, 5.74) is 22.8. The minimum absolute atomic E-state index is 1.24. The van der Waals surface area contributed by atoms with E-state index in [1.807, 2.05) is 34.0 Å². The van der Waals surface area contributed by atoms with Gasteiger partial charge in [-0.25, -0.2) is 0 Å². The summed E-state index contributed by atoms with van der Waals surface area (Å²) in [6.07, 6.45) is 0. The SMILES string of the molecule is c1ccc(-c2c3ccccc3c(-c3ccc4ccccc4c3)c3cc(-c4cccc5sc6ccccc6c45)ccc23)cc1.c1ccc(-c2c3ccccc3c(-c3cccc4ccccc34)c3cc(-c4cccc5sc6ccccc6c45)ccc23)cc1.c1ccc2cc(-c3c4ccccc4c(-c4ccc5ccccc5c4)c4cc(-c5cccc6sc7ccccc7c56)ccc34)ccc2c1. The minimum atomic E-state index is 1.24. The Morgan fingerprint density at radius 2 is 0.338 bits per heavy atom. The molecule has 0 nitrogen and oxygen atoms in total. The highest BCUT2D eigenvalue weighted by molar-refractivity contribution is 7.26. The van der Waals surface area contributed by atoms with Crippen molar-refractivity contribution in [3.05, 3.63) is 485 Å². The van der Waals surface area contributed by atoms with Crippen molar-refractivity contribution in [3.8, 4) is 100 Å². The molecule has 3 heteroatoms. The molecule has 25 aromatic carbocycles. The average molecular weight is 1740 g/mol. The average Bonchev–Trinajstić information content (AvgIpc) is 1.18. The Balaban J connectivity index is 0.000000104. The second kappa shape index (κ2) is 32.4. The van der Waals surface area contributed by atoms with E-state index in [1.54, 1.807) is 0 Å². The Morgan fingerprint density at radius 1 is 0.105 bits per heavy atom. The standard InChI is InChI=1S/C46H28S.2C42H26S/c1-3-12-31-26-34(22-20-29(31)10-1)44-37-14-5-6-15-38(37)45(35-23-21-30-11-2-4-13-32(30)27-35)41-28-33(24-25-39(41)44)36-17-9-19-43-46(36)40-16-7-8-18-42(40)47-43;1-2-13-28(14-3-1)40-33-17-6-7-18-34(33)41(32-21-10-15-27-12-4-5-16-30(27)32)37-26-29(24-25-35(37)40)31-20-11-23-39-42(31)36-19-8-9-22-38(36)43-39;1-2-12-28(13-3-1)40-33-15-6-7-16-34(33)41(31-22-21-27-11-4-5-14-29(27)25-31)37-26-30(23-24-35(37)40)32-18-10-20-39-42(32)36-17-8-9-19-38(36)43-39/h1-28H;2*1-26H. The minimum Gasteiger partial charge on any atom is -0.135 e. The van der Waals surface area contributed by atoms with E-state index < -0.39 is 0 Å². The van der Waals surface area contributed by atoms with E-state index in [2.05, 4.69) is 485 Å². The summed E-state index contributed by atoms with van der Waals surface area (Å²) < 4.78 is 7.99. The molecule has 0 radical (unpaired) electrons. The molecule has 3 heterocycles. The van der Waals surface area contributed by atoms with E-state index in [4.69, 9.17) is 0 Å². The van der Waals surface area contributed by atoms with Gasteiger partial charge in [0.2, 0.25) is 0 Å². The molecule has 0 unspecified atom stereocenters. The lowest BCUT2D eigenvalue weighted by Crippen LogP contribution is -1.92. The molecule has 0 aliphatic carbocycles. The van der Waals surface area contributed by atoms with Crippen LogP contribution >= 0.6 is 34.0 Å². The Bertz CT molecular complexity index is 9590. The van der Waals surface area contributed by atoms with E-state index in [-0.39, 0.29) is 0 Å². The zero-order valence-corrected chi connectivity index (χ0v) is 74.9. The molecule has 618 valence electrons. The summed E-state index contributed by atoms with van der Waals surface area (Å²) in [7, 11) is 0. The fourth-order valence-electron chi connectivity index (χ4n) is 21.6. The van der Waals surface area contributed by atoms with Gasteiger partial charge in [0.1, 0.15) is 0 Å². The van der Waals surface area contributed by atoms with Gasteiger partial charge in [-0.2, -0.15) is 0 Å². The highest BCUT2D eigenvalue weighted by Crippen LogP contribution is 2.53. The van der Waals surface area contributed by atoms with E-state index in [9.17, 15) is 0 Å². The predicted octanol–water partition coefficient (Wildman–Crippen LogP) is 38.7. The Labute approximate surface area is 781 Å². The van der Waals surface area contributed by atoms with E-state index >= 15 is 0 Å². The highest BCUT2D eigenvalue weighted by Gasteiger charge is 2.25. The maximum Gasteiger partial charge on any atom is 0.0361 e. The van der Waals surface area contributed by atoms with Crippen LogP contribution in [0, 0.1) is 0 Å². The largest absolute Gasteiger partial charge is 0.135 e. The number of benzene rings is 25. The molecule has 0 saturated carbocycles. The molecular weight excluding hydrogens is 1660 g/mol. The third kappa shape index (κ3) is 13.3. The highest BCUT2D eigenvalue weighted by atomic mass is 32.1. The molecule has 0 saturated heterocycles. The van der Waals surface area contributed by atoms with Gasteiger partial charge in [0.15, 0.2) is 0 Å². The third-order valence-electron chi connectivity index (χ3n) is 27.5. The van der Waals surface area contributed by atoms with Crippen LogP contribution < -0.4 is 0 Å². The molecule has 0 N–H and O–H groups in total. The van der Waals surface area contributed by atoms with Crippen molar-refractivity contribution in [1.29, 1.82) is 0 Å². The van der Waals surface area contributed by atoms with Crippen molar-refractivity contribution in [2.24, 2.45) is 0 Å². The van der Waals surface area contributed by atoms with Crippen LogP contribution in [0.25, 0.3) is 268 Å². The third-order valence-corrected chi connectivity index (χ3v) is 30.9. The first-order valence-corrected chi connectivity index (χ1v) is 48.2. The maximum absolute atomic E-state index is 2.46. The summed E-state index contributed by atoms with van der Waals surface area (Å²) in [5.74, 6) is 0. The van der Waals surface area contributed by atoms with Crippen LogP contribution in [0.1, 0.15) is 0 Å². The summed E-state index contributed by atoms with van der Waals surface area (Å²) >= 11 is 5.63. The number of hydrogen-bond donors (Lipinski definition) is 0. The number of hydrogen-bond acceptors (Lipinski definition) is 3. The van der Waals surface area contributed by atoms with Crippen LogP contribution in [-0.2, 0) is 0 Å². The van der Waals surface area contributed by atoms with E-state index in [0.29, 0.717) is 0 Å². The lowest BCUT2D eigenvalue weighted by atomic mass is 9.83. The van der Waals surface area contributed by atoms with Crippen LogP contribution in [0.2, 0.25) is 0 Å². The van der Waals surface area contributed by atoms with Gasteiger partial charge in [-0.15, -0.1) is 34.0 Å². The molecule has 133 heavy (non-hydrogen) atoms. The molecule has 28 aromatic rings. The van der Waals surface area contributed by atoms with Gasteiger partial charge in [0, 0.05) is 60.5 Å². The number of rotatable bonds is 9. The van der Waals surface area contributed by atoms with Crippen molar-refractivity contribution in [2.75, 3.05) is 0 Å². The van der Waals surface area contributed by atoms with Gasteiger partial charge < -0.3 is 0 Å². The van der Waals surface area contributed by atoms with E-state index in [0.717, 1.165) is 0 Å². The van der Waals surface area contributed by atoms with E-state index in [1.165, 1.54) is 268 Å². The quantitative estimate of drug-likeness (QED) is 0.126. The Morgan fingerprint density at radius 3 is 0.699 bits per heavy atom. The Kier molecular flexibility index (Phi) is 19.0. The lowest BCUT2D eigenvalue weighted by Gasteiger charge is -2.20. The smallest absolute Gasteiger partial charge is 0.0361 e. The summed E-state index contributed by atoms with van der Waals surface area (Å²) in [6, 6.07) is 179. The van der Waals surface area contributed by atoms with Crippen molar-refractivity contribution >= 4 is 202 Å². The topological polar surface area (TPSA) is 0 Å². The zero-order valence-electron chi connectivity index (χ0n) is 72.4. The normalized spacial score (nSPS) is 11.8. The zero-order chi connectivity index (χ0) is 87.6. The van der Waals surface area contributed by atoms with Gasteiger partial charge in [-0.3, -0.25) is 0 Å². The molecule has 0 amide bonds. The van der Waals surface area contributed by atoms with Gasteiger partial charge in [0.25, 0.3) is 0 Å². The first-order valence-electron chi connectivity index (χ1n) is 45.7.